The van der Waals surface area contributed by atoms with Crippen molar-refractivity contribution in [2.45, 2.75) is 33.1 Å². The molecule has 25 heavy (non-hydrogen) atoms. The van der Waals surface area contributed by atoms with E-state index in [9.17, 15) is 4.79 Å². The van der Waals surface area contributed by atoms with Gasteiger partial charge >= 0.3 is 0 Å². The van der Waals surface area contributed by atoms with Crippen molar-refractivity contribution >= 4 is 23.0 Å². The summed E-state index contributed by atoms with van der Waals surface area (Å²) >= 11 is 0. The maximum atomic E-state index is 12.3. The number of hydrogen-bond donors (Lipinski definition) is 2. The van der Waals surface area contributed by atoms with Crippen molar-refractivity contribution < 1.29 is 4.79 Å². The van der Waals surface area contributed by atoms with Crippen molar-refractivity contribution in [2.24, 2.45) is 0 Å². The van der Waals surface area contributed by atoms with Crippen molar-refractivity contribution in [3.63, 3.8) is 0 Å². The van der Waals surface area contributed by atoms with Gasteiger partial charge in [-0.05, 0) is 62.4 Å². The van der Waals surface area contributed by atoms with E-state index in [1.165, 1.54) is 30.5 Å². The van der Waals surface area contributed by atoms with Gasteiger partial charge in [0.15, 0.2) is 0 Å². The number of carbonyl (C=O) groups is 1. The highest BCUT2D eigenvalue weighted by Crippen LogP contribution is 2.28. The first-order valence-electron chi connectivity index (χ1n) is 9.09. The van der Waals surface area contributed by atoms with E-state index in [1.54, 1.807) is 0 Å². The number of amides is 1. The molecule has 0 aromatic heterocycles. The molecule has 0 unspecified atom stereocenters. The maximum absolute atomic E-state index is 12.3. The molecule has 2 aromatic rings. The predicted octanol–water partition coefficient (Wildman–Crippen LogP) is 4.34. The lowest BCUT2D eigenvalue weighted by Gasteiger charge is -2.30. The van der Waals surface area contributed by atoms with Crippen LogP contribution < -0.4 is 15.5 Å². The maximum Gasteiger partial charge on any atom is 0.243 e. The zero-order valence-corrected chi connectivity index (χ0v) is 15.1. The molecule has 1 fully saturated rings. The molecule has 1 aliphatic heterocycles. The molecule has 1 saturated heterocycles. The number of anilines is 3. The minimum atomic E-state index is -0.0258. The van der Waals surface area contributed by atoms with E-state index in [-0.39, 0.29) is 12.5 Å². The third-order valence-electron chi connectivity index (χ3n) is 4.92. The number of nitrogens with one attached hydrogen (secondary N) is 2. The smallest absolute Gasteiger partial charge is 0.243 e. The van der Waals surface area contributed by atoms with E-state index in [0.717, 1.165) is 30.0 Å². The standard InChI is InChI=1S/C21H27N3O/c1-16-9-8-11-18(17(16)2)23-21(25)15-22-19-10-4-5-12-20(19)24-13-6-3-7-14-24/h4-5,8-12,22H,3,6-7,13-15H2,1-2H3,(H,23,25). The summed E-state index contributed by atoms with van der Waals surface area (Å²) in [6, 6.07) is 14.2. The molecule has 0 radical (unpaired) electrons. The Hall–Kier alpha value is -2.49. The molecule has 0 atom stereocenters. The van der Waals surface area contributed by atoms with Gasteiger partial charge in [-0.25, -0.2) is 0 Å². The number of para-hydroxylation sites is 2. The second kappa shape index (κ2) is 8.06. The fourth-order valence-corrected chi connectivity index (χ4v) is 3.29. The Bertz CT molecular complexity index is 736. The summed E-state index contributed by atoms with van der Waals surface area (Å²) in [6.45, 7) is 6.53. The molecule has 0 spiro atoms. The molecule has 0 aliphatic carbocycles. The first-order chi connectivity index (χ1) is 12.1. The Morgan fingerprint density at radius 1 is 0.960 bits per heavy atom. The number of aryl methyl sites for hydroxylation is 1. The topological polar surface area (TPSA) is 44.4 Å². The van der Waals surface area contributed by atoms with Crippen LogP contribution in [0, 0.1) is 13.8 Å². The van der Waals surface area contributed by atoms with Gasteiger partial charge in [-0.15, -0.1) is 0 Å². The number of piperidine rings is 1. The monoisotopic (exact) mass is 337 g/mol. The van der Waals surface area contributed by atoms with Gasteiger partial charge in [0.1, 0.15) is 0 Å². The molecule has 0 bridgehead atoms. The fraction of sp³-hybridized carbons (Fsp3) is 0.381. The lowest BCUT2D eigenvalue weighted by Crippen LogP contribution is -2.30. The van der Waals surface area contributed by atoms with Crippen LogP contribution in [0.4, 0.5) is 17.1 Å². The minimum absolute atomic E-state index is 0.0258. The molecule has 1 amide bonds. The Morgan fingerprint density at radius 2 is 1.68 bits per heavy atom. The Morgan fingerprint density at radius 3 is 2.48 bits per heavy atom. The van der Waals surface area contributed by atoms with Crippen LogP contribution >= 0.6 is 0 Å². The van der Waals surface area contributed by atoms with E-state index in [0.29, 0.717) is 0 Å². The third-order valence-corrected chi connectivity index (χ3v) is 4.92. The van der Waals surface area contributed by atoms with Crippen molar-refractivity contribution in [1.82, 2.24) is 0 Å². The van der Waals surface area contributed by atoms with Crippen LogP contribution in [-0.4, -0.2) is 25.5 Å². The molecule has 3 rings (SSSR count). The number of benzene rings is 2. The molecule has 132 valence electrons. The van der Waals surface area contributed by atoms with E-state index in [1.807, 2.05) is 25.1 Å². The summed E-state index contributed by atoms with van der Waals surface area (Å²) in [5.41, 5.74) is 5.41. The lowest BCUT2D eigenvalue weighted by atomic mass is 10.1. The van der Waals surface area contributed by atoms with E-state index in [2.05, 4.69) is 46.7 Å². The highest BCUT2D eigenvalue weighted by molar-refractivity contribution is 5.95. The highest BCUT2D eigenvalue weighted by Gasteiger charge is 2.14. The molecule has 2 N–H and O–H groups in total. The summed E-state index contributed by atoms with van der Waals surface area (Å²) in [6.07, 6.45) is 3.78. The number of rotatable bonds is 5. The minimum Gasteiger partial charge on any atom is -0.374 e. The number of nitrogens with zero attached hydrogens (tertiary/aromatic N) is 1. The quantitative estimate of drug-likeness (QED) is 0.853. The molecule has 0 saturated carbocycles. The summed E-state index contributed by atoms with van der Waals surface area (Å²) in [5.74, 6) is -0.0258. The normalized spacial score (nSPS) is 14.2. The molecule has 1 aliphatic rings. The lowest BCUT2D eigenvalue weighted by molar-refractivity contribution is -0.114. The predicted molar refractivity (Wildman–Crippen MR) is 106 cm³/mol. The van der Waals surface area contributed by atoms with Crippen LogP contribution in [0.1, 0.15) is 30.4 Å². The Labute approximate surface area is 150 Å². The largest absolute Gasteiger partial charge is 0.374 e. The summed E-state index contributed by atoms with van der Waals surface area (Å²) in [5, 5.41) is 6.32. The second-order valence-electron chi connectivity index (χ2n) is 6.71. The van der Waals surface area contributed by atoms with Gasteiger partial charge < -0.3 is 15.5 Å². The van der Waals surface area contributed by atoms with Gasteiger partial charge in [-0.3, -0.25) is 4.79 Å². The summed E-state index contributed by atoms with van der Waals surface area (Å²) < 4.78 is 0. The second-order valence-corrected chi connectivity index (χ2v) is 6.71. The van der Waals surface area contributed by atoms with Gasteiger partial charge in [0.25, 0.3) is 0 Å². The first-order valence-corrected chi connectivity index (χ1v) is 9.09. The van der Waals surface area contributed by atoms with Gasteiger partial charge in [-0.2, -0.15) is 0 Å². The average molecular weight is 337 g/mol. The molecular weight excluding hydrogens is 310 g/mol. The van der Waals surface area contributed by atoms with Gasteiger partial charge in [0.05, 0.1) is 17.9 Å². The molecule has 4 heteroatoms. The highest BCUT2D eigenvalue weighted by atomic mass is 16.1. The van der Waals surface area contributed by atoms with Gasteiger partial charge in [0.2, 0.25) is 5.91 Å². The van der Waals surface area contributed by atoms with E-state index in [4.69, 9.17) is 0 Å². The number of carbonyl (C=O) groups excluding carboxylic acids is 1. The van der Waals surface area contributed by atoms with Crippen LogP contribution in [0.25, 0.3) is 0 Å². The molecule has 1 heterocycles. The average Bonchev–Trinajstić information content (AvgIpc) is 2.65. The van der Waals surface area contributed by atoms with Crippen LogP contribution in [0.3, 0.4) is 0 Å². The van der Waals surface area contributed by atoms with Crippen LogP contribution in [0.5, 0.6) is 0 Å². The molecule has 2 aromatic carbocycles. The van der Waals surface area contributed by atoms with Gasteiger partial charge in [-0.1, -0.05) is 24.3 Å². The Balaban J connectivity index is 1.63. The van der Waals surface area contributed by atoms with Crippen molar-refractivity contribution in [1.29, 1.82) is 0 Å². The van der Waals surface area contributed by atoms with Crippen molar-refractivity contribution in [3.05, 3.63) is 53.6 Å². The van der Waals surface area contributed by atoms with E-state index < -0.39 is 0 Å². The van der Waals surface area contributed by atoms with Gasteiger partial charge in [0, 0.05) is 18.8 Å². The Kier molecular flexibility index (Phi) is 5.59. The molecular formula is C21H27N3O. The van der Waals surface area contributed by atoms with Crippen molar-refractivity contribution in [2.75, 3.05) is 35.2 Å². The van der Waals surface area contributed by atoms with E-state index >= 15 is 0 Å². The fourth-order valence-electron chi connectivity index (χ4n) is 3.29. The zero-order valence-electron chi connectivity index (χ0n) is 15.1. The molecule has 4 nitrogen and oxygen atoms in total. The number of hydrogen-bond acceptors (Lipinski definition) is 3. The first kappa shape index (κ1) is 17.3. The van der Waals surface area contributed by atoms with Crippen LogP contribution in [-0.2, 0) is 4.79 Å². The van der Waals surface area contributed by atoms with Crippen LogP contribution in [0.2, 0.25) is 0 Å². The summed E-state index contributed by atoms with van der Waals surface area (Å²) in [7, 11) is 0. The summed E-state index contributed by atoms with van der Waals surface area (Å²) in [4.78, 5) is 14.8. The van der Waals surface area contributed by atoms with Crippen molar-refractivity contribution in [3.8, 4) is 0 Å². The SMILES string of the molecule is Cc1cccc(NC(=O)CNc2ccccc2N2CCCCC2)c1C. The third kappa shape index (κ3) is 4.32. The van der Waals surface area contributed by atoms with Crippen LogP contribution in [0.15, 0.2) is 42.5 Å². The zero-order chi connectivity index (χ0) is 17.6.